The monoisotopic (exact) mass is 276 g/mol. The molecule has 0 radical (unpaired) electrons. The second kappa shape index (κ2) is 6.07. The topological polar surface area (TPSA) is 34.1 Å². The van der Waals surface area contributed by atoms with Gasteiger partial charge in [0.2, 0.25) is 0 Å². The van der Waals surface area contributed by atoms with Crippen molar-refractivity contribution in [1.29, 1.82) is 0 Å². The Labute approximate surface area is 123 Å². The average Bonchev–Trinajstić information content (AvgIpc) is 2.28. The highest BCUT2D eigenvalue weighted by Crippen LogP contribution is 2.38. The molecular weight excluding hydrogens is 248 g/mol. The maximum absolute atomic E-state index is 12.9. The molecule has 0 fully saturated rings. The molecule has 1 rings (SSSR count). The fourth-order valence-corrected chi connectivity index (χ4v) is 3.07. The van der Waals surface area contributed by atoms with Crippen LogP contribution in [0.15, 0.2) is 22.3 Å². The summed E-state index contributed by atoms with van der Waals surface area (Å²) in [6.45, 7) is 16.0. The average molecular weight is 276 g/mol. The van der Waals surface area contributed by atoms with Gasteiger partial charge in [-0.25, -0.2) is 0 Å². The van der Waals surface area contributed by atoms with Gasteiger partial charge in [0.1, 0.15) is 0 Å². The van der Waals surface area contributed by atoms with Gasteiger partial charge in [0.15, 0.2) is 11.6 Å². The lowest BCUT2D eigenvalue weighted by molar-refractivity contribution is -0.118. The quantitative estimate of drug-likeness (QED) is 0.715. The van der Waals surface area contributed by atoms with E-state index in [0.717, 1.165) is 22.3 Å². The molecule has 0 saturated heterocycles. The zero-order valence-corrected chi connectivity index (χ0v) is 14.1. The van der Waals surface area contributed by atoms with Gasteiger partial charge in [-0.05, 0) is 23.7 Å². The first-order valence-corrected chi connectivity index (χ1v) is 7.68. The molecule has 112 valence electrons. The lowest BCUT2D eigenvalue weighted by Gasteiger charge is -2.30. The number of carbonyl (C=O) groups is 2. The largest absolute Gasteiger partial charge is 0.289 e. The van der Waals surface area contributed by atoms with Crippen molar-refractivity contribution >= 4 is 11.6 Å². The number of hydrogen-bond donors (Lipinski definition) is 0. The van der Waals surface area contributed by atoms with E-state index in [1.807, 2.05) is 55.4 Å². The van der Waals surface area contributed by atoms with Crippen LogP contribution in [0.2, 0.25) is 0 Å². The lowest BCUT2D eigenvalue weighted by Crippen LogP contribution is -2.32. The number of hydrogen-bond acceptors (Lipinski definition) is 2. The summed E-state index contributed by atoms with van der Waals surface area (Å²) in [5.74, 6) is 0.555. The van der Waals surface area contributed by atoms with E-state index < -0.39 is 0 Å². The molecule has 1 aliphatic rings. The van der Waals surface area contributed by atoms with E-state index in [2.05, 4.69) is 0 Å². The molecule has 0 heterocycles. The molecule has 0 N–H and O–H groups in total. The minimum Gasteiger partial charge on any atom is -0.289 e. The number of rotatable bonds is 4. The van der Waals surface area contributed by atoms with E-state index >= 15 is 0 Å². The van der Waals surface area contributed by atoms with Crippen molar-refractivity contribution < 1.29 is 9.59 Å². The summed E-state index contributed by atoms with van der Waals surface area (Å²) < 4.78 is 0. The molecule has 0 aromatic heterocycles. The smallest absolute Gasteiger partial charge is 0.186 e. The highest BCUT2D eigenvalue weighted by Gasteiger charge is 2.38. The van der Waals surface area contributed by atoms with Gasteiger partial charge in [0.25, 0.3) is 0 Å². The third kappa shape index (κ3) is 2.79. The SMILES string of the molecule is CC(C)C1=C(C(C)C)C(=O)C(C(C)C)=C(C(C)C)C1=O. The minimum atomic E-state index is 0.0892. The normalized spacial score (nSPS) is 17.6. The van der Waals surface area contributed by atoms with E-state index in [9.17, 15) is 9.59 Å². The number of allylic oxidation sites excluding steroid dienone is 4. The predicted octanol–water partition coefficient (Wildman–Crippen LogP) is 4.36. The van der Waals surface area contributed by atoms with Crippen molar-refractivity contribution in [1.82, 2.24) is 0 Å². The first-order chi connectivity index (χ1) is 9.11. The first kappa shape index (κ1) is 16.9. The Balaban J connectivity index is 3.63. The standard InChI is InChI=1S/C18H28O2/c1-9(2)13-14(10(3)4)18(20)16(12(7)8)15(11(5)6)17(13)19/h9-12H,1-8H3. The van der Waals surface area contributed by atoms with E-state index in [-0.39, 0.29) is 35.2 Å². The fraction of sp³-hybridized carbons (Fsp3) is 0.667. The van der Waals surface area contributed by atoms with Crippen molar-refractivity contribution in [3.05, 3.63) is 22.3 Å². The van der Waals surface area contributed by atoms with Gasteiger partial charge in [-0.2, -0.15) is 0 Å². The molecule has 0 aromatic rings. The van der Waals surface area contributed by atoms with Crippen molar-refractivity contribution in [3.8, 4) is 0 Å². The molecular formula is C18H28O2. The maximum atomic E-state index is 12.9. The second-order valence-electron chi connectivity index (χ2n) is 6.93. The van der Waals surface area contributed by atoms with Crippen LogP contribution in [0.5, 0.6) is 0 Å². The Morgan fingerprint density at radius 3 is 0.700 bits per heavy atom. The van der Waals surface area contributed by atoms with E-state index in [1.54, 1.807) is 0 Å². The van der Waals surface area contributed by atoms with Crippen molar-refractivity contribution in [2.24, 2.45) is 23.7 Å². The molecule has 0 bridgehead atoms. The number of Topliss-reactive ketones (excluding diaryl/α,β-unsaturated/α-hetero) is 2. The Morgan fingerprint density at radius 2 is 0.600 bits per heavy atom. The van der Waals surface area contributed by atoms with Crippen LogP contribution in [0.4, 0.5) is 0 Å². The van der Waals surface area contributed by atoms with E-state index in [4.69, 9.17) is 0 Å². The minimum absolute atomic E-state index is 0.0892. The van der Waals surface area contributed by atoms with Crippen LogP contribution in [0.25, 0.3) is 0 Å². The molecule has 0 aliphatic heterocycles. The van der Waals surface area contributed by atoms with Gasteiger partial charge < -0.3 is 0 Å². The van der Waals surface area contributed by atoms with Crippen LogP contribution < -0.4 is 0 Å². The summed E-state index contributed by atoms with van der Waals surface area (Å²) in [4.78, 5) is 25.8. The second-order valence-corrected chi connectivity index (χ2v) is 6.93. The molecule has 20 heavy (non-hydrogen) atoms. The van der Waals surface area contributed by atoms with Crippen LogP contribution in [0.1, 0.15) is 55.4 Å². The number of ketones is 2. The molecule has 0 aromatic carbocycles. The summed E-state index contributed by atoms with van der Waals surface area (Å²) in [5.41, 5.74) is 2.94. The fourth-order valence-electron chi connectivity index (χ4n) is 3.07. The Morgan fingerprint density at radius 1 is 0.450 bits per heavy atom. The summed E-state index contributed by atoms with van der Waals surface area (Å²) in [7, 11) is 0. The summed E-state index contributed by atoms with van der Waals surface area (Å²) in [6.07, 6.45) is 0. The Hall–Kier alpha value is -1.18. The van der Waals surface area contributed by atoms with Gasteiger partial charge in [0.05, 0.1) is 0 Å². The van der Waals surface area contributed by atoms with E-state index in [1.165, 1.54) is 0 Å². The summed E-state index contributed by atoms with van der Waals surface area (Å²) in [5, 5.41) is 0. The summed E-state index contributed by atoms with van der Waals surface area (Å²) in [6, 6.07) is 0. The third-order valence-electron chi connectivity index (χ3n) is 3.87. The van der Waals surface area contributed by atoms with E-state index in [0.29, 0.717) is 0 Å². The zero-order valence-electron chi connectivity index (χ0n) is 14.1. The molecule has 2 heteroatoms. The van der Waals surface area contributed by atoms with Gasteiger partial charge >= 0.3 is 0 Å². The van der Waals surface area contributed by atoms with Gasteiger partial charge in [-0.15, -0.1) is 0 Å². The van der Waals surface area contributed by atoms with Crippen LogP contribution in [0.3, 0.4) is 0 Å². The van der Waals surface area contributed by atoms with Crippen molar-refractivity contribution in [2.45, 2.75) is 55.4 Å². The van der Waals surface area contributed by atoms with Crippen molar-refractivity contribution in [2.75, 3.05) is 0 Å². The van der Waals surface area contributed by atoms with Crippen LogP contribution in [0, 0.1) is 23.7 Å². The van der Waals surface area contributed by atoms with Crippen LogP contribution >= 0.6 is 0 Å². The number of carbonyl (C=O) groups excluding carboxylic acids is 2. The van der Waals surface area contributed by atoms with Gasteiger partial charge in [-0.3, -0.25) is 9.59 Å². The van der Waals surface area contributed by atoms with Gasteiger partial charge in [0, 0.05) is 22.3 Å². The predicted molar refractivity (Wildman–Crippen MR) is 83.4 cm³/mol. The van der Waals surface area contributed by atoms with Crippen LogP contribution in [-0.4, -0.2) is 11.6 Å². The van der Waals surface area contributed by atoms with Gasteiger partial charge in [-0.1, -0.05) is 55.4 Å². The molecule has 0 amide bonds. The molecule has 2 nitrogen and oxygen atoms in total. The highest BCUT2D eigenvalue weighted by atomic mass is 16.1. The Bertz CT molecular complexity index is 400. The molecule has 0 unspecified atom stereocenters. The summed E-state index contributed by atoms with van der Waals surface area (Å²) >= 11 is 0. The zero-order chi connectivity index (χ0) is 15.8. The third-order valence-corrected chi connectivity index (χ3v) is 3.87. The van der Waals surface area contributed by atoms with Crippen LogP contribution in [-0.2, 0) is 9.59 Å². The molecule has 0 saturated carbocycles. The molecule has 1 aliphatic carbocycles. The molecule has 0 atom stereocenters. The van der Waals surface area contributed by atoms with Crippen molar-refractivity contribution in [3.63, 3.8) is 0 Å². The first-order valence-electron chi connectivity index (χ1n) is 7.68. The lowest BCUT2D eigenvalue weighted by atomic mass is 9.71. The highest BCUT2D eigenvalue weighted by molar-refractivity contribution is 6.25. The maximum Gasteiger partial charge on any atom is 0.186 e. The Kier molecular flexibility index (Phi) is 5.12. The molecule has 0 spiro atoms.